The first-order valence-corrected chi connectivity index (χ1v) is 8.52. The third-order valence-electron chi connectivity index (χ3n) is 3.56. The van der Waals surface area contributed by atoms with Crippen LogP contribution in [0.2, 0.25) is 0 Å². The van der Waals surface area contributed by atoms with E-state index in [9.17, 15) is 0 Å². The number of nitrogens with zero attached hydrogens (tertiary/aromatic N) is 2. The smallest absolute Gasteiger partial charge is 0.0935 e. The van der Waals surface area contributed by atoms with Crippen LogP contribution in [0.5, 0.6) is 0 Å². The van der Waals surface area contributed by atoms with Crippen molar-refractivity contribution >= 4 is 22.7 Å². The summed E-state index contributed by atoms with van der Waals surface area (Å²) in [6.45, 7) is 10.7. The van der Waals surface area contributed by atoms with Gasteiger partial charge in [-0.2, -0.15) is 0 Å². The summed E-state index contributed by atoms with van der Waals surface area (Å²) in [6, 6.07) is 6.28. The average Bonchev–Trinajstić information content (AvgIpc) is 2.89. The fourth-order valence-electron chi connectivity index (χ4n) is 2.45. The second kappa shape index (κ2) is 6.94. The molecule has 0 radical (unpaired) electrons. The molecule has 0 saturated carbocycles. The van der Waals surface area contributed by atoms with Crippen molar-refractivity contribution in [2.45, 2.75) is 34.1 Å². The standard InChI is InChI=1S/C17H25N3S/c1-5-20(6-2)16-8-7-13(10-14(16)18)15-11-21-17(19-15)9-12(3)4/h7-8,10-12H,5-6,9,18H2,1-4H3. The van der Waals surface area contributed by atoms with Crippen LogP contribution in [0.4, 0.5) is 11.4 Å². The fraction of sp³-hybridized carbons (Fsp3) is 0.471. The zero-order valence-electron chi connectivity index (χ0n) is 13.4. The summed E-state index contributed by atoms with van der Waals surface area (Å²) in [6.07, 6.45) is 1.04. The van der Waals surface area contributed by atoms with Gasteiger partial charge in [0.15, 0.2) is 0 Å². The number of aromatic nitrogens is 1. The van der Waals surface area contributed by atoms with Crippen molar-refractivity contribution in [2.75, 3.05) is 23.7 Å². The van der Waals surface area contributed by atoms with Gasteiger partial charge < -0.3 is 10.6 Å². The van der Waals surface area contributed by atoms with Gasteiger partial charge in [-0.1, -0.05) is 19.9 Å². The Hall–Kier alpha value is -1.55. The molecule has 0 unspecified atom stereocenters. The summed E-state index contributed by atoms with van der Waals surface area (Å²) in [5.41, 5.74) is 10.3. The van der Waals surface area contributed by atoms with Crippen molar-refractivity contribution in [3.8, 4) is 11.3 Å². The number of rotatable bonds is 6. The van der Waals surface area contributed by atoms with Crippen LogP contribution in [0, 0.1) is 5.92 Å². The molecular weight excluding hydrogens is 278 g/mol. The van der Waals surface area contributed by atoms with Crippen LogP contribution in [-0.2, 0) is 6.42 Å². The van der Waals surface area contributed by atoms with E-state index in [2.05, 4.69) is 50.1 Å². The molecule has 114 valence electrons. The van der Waals surface area contributed by atoms with Gasteiger partial charge in [0.25, 0.3) is 0 Å². The minimum atomic E-state index is 0.638. The third kappa shape index (κ3) is 3.76. The van der Waals surface area contributed by atoms with Crippen LogP contribution < -0.4 is 10.6 Å². The molecule has 4 heteroatoms. The van der Waals surface area contributed by atoms with Crippen molar-refractivity contribution in [3.63, 3.8) is 0 Å². The van der Waals surface area contributed by atoms with Crippen molar-refractivity contribution in [2.24, 2.45) is 5.92 Å². The molecule has 2 rings (SSSR count). The zero-order valence-corrected chi connectivity index (χ0v) is 14.2. The summed E-state index contributed by atoms with van der Waals surface area (Å²) in [4.78, 5) is 6.99. The van der Waals surface area contributed by atoms with Crippen LogP contribution in [0.3, 0.4) is 0 Å². The second-order valence-corrected chi connectivity index (χ2v) is 6.61. The zero-order chi connectivity index (χ0) is 15.4. The molecule has 0 spiro atoms. The van der Waals surface area contributed by atoms with E-state index in [1.807, 2.05) is 6.07 Å². The predicted molar refractivity (Wildman–Crippen MR) is 94.1 cm³/mol. The molecule has 1 aromatic heterocycles. The van der Waals surface area contributed by atoms with Gasteiger partial charge in [-0.3, -0.25) is 0 Å². The summed E-state index contributed by atoms with van der Waals surface area (Å²) in [7, 11) is 0. The van der Waals surface area contributed by atoms with Gasteiger partial charge in [0.1, 0.15) is 0 Å². The number of thiazole rings is 1. The second-order valence-electron chi connectivity index (χ2n) is 5.67. The lowest BCUT2D eigenvalue weighted by Gasteiger charge is -2.23. The Balaban J connectivity index is 2.25. The molecule has 0 bridgehead atoms. The van der Waals surface area contributed by atoms with Crippen molar-refractivity contribution < 1.29 is 0 Å². The lowest BCUT2D eigenvalue weighted by Crippen LogP contribution is -2.22. The van der Waals surface area contributed by atoms with E-state index in [1.165, 1.54) is 5.01 Å². The Morgan fingerprint density at radius 2 is 1.95 bits per heavy atom. The van der Waals surface area contributed by atoms with E-state index in [1.54, 1.807) is 11.3 Å². The Morgan fingerprint density at radius 3 is 2.52 bits per heavy atom. The largest absolute Gasteiger partial charge is 0.397 e. The van der Waals surface area contributed by atoms with E-state index >= 15 is 0 Å². The normalized spacial score (nSPS) is 11.1. The number of nitrogens with two attached hydrogens (primary N) is 1. The molecule has 2 aromatic rings. The van der Waals surface area contributed by atoms with Gasteiger partial charge in [-0.15, -0.1) is 11.3 Å². The van der Waals surface area contributed by atoms with Crippen LogP contribution in [0.1, 0.15) is 32.7 Å². The average molecular weight is 303 g/mol. The molecule has 0 aliphatic heterocycles. The molecule has 0 aliphatic carbocycles. The van der Waals surface area contributed by atoms with E-state index in [4.69, 9.17) is 10.7 Å². The Kier molecular flexibility index (Phi) is 5.23. The van der Waals surface area contributed by atoms with Gasteiger partial charge in [-0.25, -0.2) is 4.98 Å². The third-order valence-corrected chi connectivity index (χ3v) is 4.43. The number of hydrogen-bond donors (Lipinski definition) is 1. The Labute approximate surface area is 131 Å². The van der Waals surface area contributed by atoms with Crippen LogP contribution in [0.25, 0.3) is 11.3 Å². The Morgan fingerprint density at radius 1 is 1.24 bits per heavy atom. The van der Waals surface area contributed by atoms with E-state index in [0.29, 0.717) is 5.92 Å². The number of anilines is 2. The molecule has 21 heavy (non-hydrogen) atoms. The molecule has 0 amide bonds. The summed E-state index contributed by atoms with van der Waals surface area (Å²) >= 11 is 1.74. The SMILES string of the molecule is CCN(CC)c1ccc(-c2csc(CC(C)C)n2)cc1N. The van der Waals surface area contributed by atoms with Gasteiger partial charge in [0.05, 0.1) is 22.1 Å². The van der Waals surface area contributed by atoms with Crippen LogP contribution >= 0.6 is 11.3 Å². The molecule has 0 aliphatic rings. The van der Waals surface area contributed by atoms with Gasteiger partial charge in [-0.05, 0) is 31.9 Å². The van der Waals surface area contributed by atoms with Crippen molar-refractivity contribution in [3.05, 3.63) is 28.6 Å². The maximum absolute atomic E-state index is 6.23. The monoisotopic (exact) mass is 303 g/mol. The molecule has 1 aromatic carbocycles. The summed E-state index contributed by atoms with van der Waals surface area (Å²) < 4.78 is 0. The van der Waals surface area contributed by atoms with Crippen molar-refractivity contribution in [1.29, 1.82) is 0 Å². The Bertz CT molecular complexity index is 585. The highest BCUT2D eigenvalue weighted by atomic mass is 32.1. The molecule has 0 saturated heterocycles. The number of nitrogen functional groups attached to an aromatic ring is 1. The first-order valence-electron chi connectivity index (χ1n) is 7.64. The minimum Gasteiger partial charge on any atom is -0.397 e. The highest BCUT2D eigenvalue weighted by molar-refractivity contribution is 7.09. The molecule has 3 nitrogen and oxygen atoms in total. The predicted octanol–water partition coefficient (Wildman–Crippen LogP) is 4.44. The lowest BCUT2D eigenvalue weighted by atomic mass is 10.1. The molecule has 0 fully saturated rings. The number of benzene rings is 1. The van der Waals surface area contributed by atoms with Crippen LogP contribution in [-0.4, -0.2) is 18.1 Å². The van der Waals surface area contributed by atoms with Gasteiger partial charge >= 0.3 is 0 Å². The van der Waals surface area contributed by atoms with Gasteiger partial charge in [0.2, 0.25) is 0 Å². The molecule has 1 heterocycles. The van der Waals surface area contributed by atoms with E-state index < -0.39 is 0 Å². The highest BCUT2D eigenvalue weighted by Gasteiger charge is 2.10. The summed E-state index contributed by atoms with van der Waals surface area (Å²) in [5.74, 6) is 0.638. The quantitative estimate of drug-likeness (QED) is 0.802. The fourth-order valence-corrected chi connectivity index (χ4v) is 3.47. The van der Waals surface area contributed by atoms with Crippen LogP contribution in [0.15, 0.2) is 23.6 Å². The lowest BCUT2D eigenvalue weighted by molar-refractivity contribution is 0.645. The van der Waals surface area contributed by atoms with E-state index in [0.717, 1.165) is 42.1 Å². The molecule has 0 atom stereocenters. The minimum absolute atomic E-state index is 0.638. The molecular formula is C17H25N3S. The maximum Gasteiger partial charge on any atom is 0.0935 e. The maximum atomic E-state index is 6.23. The first-order chi connectivity index (χ1) is 10.0. The highest BCUT2D eigenvalue weighted by Crippen LogP contribution is 2.30. The molecule has 2 N–H and O–H groups in total. The number of hydrogen-bond acceptors (Lipinski definition) is 4. The van der Waals surface area contributed by atoms with E-state index in [-0.39, 0.29) is 0 Å². The topological polar surface area (TPSA) is 42.2 Å². The first kappa shape index (κ1) is 15.8. The summed E-state index contributed by atoms with van der Waals surface area (Å²) in [5, 5.41) is 3.33. The van der Waals surface area contributed by atoms with Crippen molar-refractivity contribution in [1.82, 2.24) is 4.98 Å². The van der Waals surface area contributed by atoms with Gasteiger partial charge in [0, 0.05) is 30.5 Å².